The van der Waals surface area contributed by atoms with Crippen molar-refractivity contribution in [2.24, 2.45) is 5.73 Å². The molecular weight excluding hydrogens is 264 g/mol. The average Bonchev–Trinajstić information content (AvgIpc) is 2.55. The van der Waals surface area contributed by atoms with Crippen molar-refractivity contribution in [3.05, 3.63) is 34.4 Å². The Balaban J connectivity index is 2.77. The van der Waals surface area contributed by atoms with E-state index < -0.39 is 0 Å². The molecule has 0 amide bonds. The highest BCUT2D eigenvalue weighted by molar-refractivity contribution is 9.10. The summed E-state index contributed by atoms with van der Waals surface area (Å²) in [5, 5.41) is 1.25. The lowest BCUT2D eigenvalue weighted by Crippen LogP contribution is -2.13. The number of aromatic nitrogens is 1. The number of benzene rings is 1. The van der Waals surface area contributed by atoms with Gasteiger partial charge < -0.3 is 10.3 Å². The zero-order valence-electron chi connectivity index (χ0n) is 9.87. The molecule has 0 aliphatic carbocycles. The summed E-state index contributed by atoms with van der Waals surface area (Å²) < 4.78 is 3.42. The average molecular weight is 281 g/mol. The van der Waals surface area contributed by atoms with Crippen molar-refractivity contribution in [1.82, 2.24) is 4.57 Å². The molecule has 0 fully saturated rings. The largest absolute Gasteiger partial charge is 0.341 e. The maximum Gasteiger partial charge on any atom is 0.0496 e. The van der Waals surface area contributed by atoms with Gasteiger partial charge in [0.2, 0.25) is 0 Å². The Hall–Kier alpha value is -0.800. The molecule has 1 unspecified atom stereocenters. The summed E-state index contributed by atoms with van der Waals surface area (Å²) in [4.78, 5) is 0. The van der Waals surface area contributed by atoms with Crippen LogP contribution >= 0.6 is 15.9 Å². The van der Waals surface area contributed by atoms with Crippen molar-refractivity contribution in [2.45, 2.75) is 32.9 Å². The summed E-state index contributed by atoms with van der Waals surface area (Å²) in [5.74, 6) is 0. The van der Waals surface area contributed by atoms with Gasteiger partial charge in [-0.15, -0.1) is 0 Å². The van der Waals surface area contributed by atoms with Crippen LogP contribution in [0.1, 0.15) is 38.5 Å². The predicted octanol–water partition coefficient (Wildman–Crippen LogP) is 4.00. The monoisotopic (exact) mass is 280 g/mol. The molecule has 86 valence electrons. The molecule has 3 heteroatoms. The molecule has 16 heavy (non-hydrogen) atoms. The third kappa shape index (κ3) is 1.89. The lowest BCUT2D eigenvalue weighted by molar-refractivity contribution is 0.571. The first-order valence-electron chi connectivity index (χ1n) is 5.56. The van der Waals surface area contributed by atoms with Crippen LogP contribution < -0.4 is 5.73 Å². The van der Waals surface area contributed by atoms with Crippen LogP contribution in [0.4, 0.5) is 0 Å². The van der Waals surface area contributed by atoms with E-state index >= 15 is 0 Å². The number of halogens is 1. The smallest absolute Gasteiger partial charge is 0.0496 e. The topological polar surface area (TPSA) is 30.9 Å². The van der Waals surface area contributed by atoms with E-state index in [1.165, 1.54) is 16.6 Å². The van der Waals surface area contributed by atoms with Gasteiger partial charge >= 0.3 is 0 Å². The van der Waals surface area contributed by atoms with Crippen LogP contribution in [0.25, 0.3) is 10.9 Å². The van der Waals surface area contributed by atoms with Crippen LogP contribution in [0, 0.1) is 0 Å². The fraction of sp³-hybridized carbons (Fsp3) is 0.385. The molecule has 2 nitrogen and oxygen atoms in total. The maximum atomic E-state index is 6.02. The lowest BCUT2D eigenvalue weighted by atomic mass is 10.2. The van der Waals surface area contributed by atoms with Gasteiger partial charge in [0.25, 0.3) is 0 Å². The summed E-state index contributed by atoms with van der Waals surface area (Å²) in [6.45, 7) is 6.40. The second-order valence-corrected chi connectivity index (χ2v) is 5.44. The van der Waals surface area contributed by atoms with E-state index in [2.05, 4.69) is 58.6 Å². The van der Waals surface area contributed by atoms with Crippen LogP contribution in [-0.2, 0) is 0 Å². The van der Waals surface area contributed by atoms with Crippen LogP contribution in [0.5, 0.6) is 0 Å². The molecule has 1 heterocycles. The van der Waals surface area contributed by atoms with Crippen LogP contribution in [0.15, 0.2) is 28.7 Å². The van der Waals surface area contributed by atoms with Gasteiger partial charge in [-0.25, -0.2) is 0 Å². The predicted molar refractivity (Wildman–Crippen MR) is 72.6 cm³/mol. The number of rotatable bonds is 2. The number of fused-ring (bicyclic) bond motifs is 1. The Bertz CT molecular complexity index is 512. The molecule has 0 bridgehead atoms. The minimum atomic E-state index is 0.0635. The van der Waals surface area contributed by atoms with Gasteiger partial charge in [-0.2, -0.15) is 0 Å². The minimum absolute atomic E-state index is 0.0635. The minimum Gasteiger partial charge on any atom is -0.341 e. The molecule has 0 radical (unpaired) electrons. The number of nitrogens with two attached hydrogens (primary N) is 1. The van der Waals surface area contributed by atoms with Gasteiger partial charge in [-0.05, 0) is 39.0 Å². The summed E-state index contributed by atoms with van der Waals surface area (Å²) in [5.41, 5.74) is 8.47. The van der Waals surface area contributed by atoms with E-state index in [4.69, 9.17) is 5.73 Å². The molecule has 0 saturated heterocycles. The normalized spacial score (nSPS) is 13.6. The van der Waals surface area contributed by atoms with E-state index in [9.17, 15) is 0 Å². The Labute approximate surface area is 105 Å². The molecule has 0 spiro atoms. The molecule has 0 aliphatic heterocycles. The summed E-state index contributed by atoms with van der Waals surface area (Å²) >= 11 is 3.52. The maximum absolute atomic E-state index is 6.02. The fourth-order valence-electron chi connectivity index (χ4n) is 2.14. The van der Waals surface area contributed by atoms with Crippen LogP contribution in [-0.4, -0.2) is 4.57 Å². The zero-order chi connectivity index (χ0) is 11.9. The summed E-state index contributed by atoms with van der Waals surface area (Å²) in [7, 11) is 0. The Morgan fingerprint density at radius 2 is 1.88 bits per heavy atom. The molecule has 2 rings (SSSR count). The molecule has 0 aliphatic rings. The molecule has 2 aromatic rings. The van der Waals surface area contributed by atoms with Gasteiger partial charge in [0.05, 0.1) is 0 Å². The summed E-state index contributed by atoms with van der Waals surface area (Å²) in [6, 6.07) is 9.02. The van der Waals surface area contributed by atoms with Gasteiger partial charge in [-0.1, -0.05) is 22.0 Å². The van der Waals surface area contributed by atoms with E-state index in [1.807, 2.05) is 6.92 Å². The Morgan fingerprint density at radius 3 is 2.44 bits per heavy atom. The van der Waals surface area contributed by atoms with Crippen LogP contribution in [0.3, 0.4) is 0 Å². The first kappa shape index (κ1) is 11.7. The molecule has 0 saturated carbocycles. The van der Waals surface area contributed by atoms with Gasteiger partial charge in [0.1, 0.15) is 0 Å². The van der Waals surface area contributed by atoms with Gasteiger partial charge in [-0.3, -0.25) is 0 Å². The third-order valence-corrected chi connectivity index (χ3v) is 3.31. The molecule has 1 aromatic carbocycles. The molecular formula is C13H17BrN2. The Kier molecular flexibility index (Phi) is 3.08. The highest BCUT2D eigenvalue weighted by Gasteiger charge is 2.14. The number of hydrogen-bond acceptors (Lipinski definition) is 1. The molecule has 1 aromatic heterocycles. The van der Waals surface area contributed by atoms with Crippen molar-refractivity contribution < 1.29 is 0 Å². The number of hydrogen-bond donors (Lipinski definition) is 1. The molecule has 1 atom stereocenters. The van der Waals surface area contributed by atoms with Crippen molar-refractivity contribution in [3.8, 4) is 0 Å². The fourth-order valence-corrected chi connectivity index (χ4v) is 2.49. The van der Waals surface area contributed by atoms with E-state index in [-0.39, 0.29) is 6.04 Å². The number of nitrogens with zero attached hydrogens (tertiary/aromatic N) is 1. The van der Waals surface area contributed by atoms with Crippen molar-refractivity contribution in [1.29, 1.82) is 0 Å². The highest BCUT2D eigenvalue weighted by Crippen LogP contribution is 2.29. The molecule has 2 N–H and O–H groups in total. The standard InChI is InChI=1S/C13H17BrN2/c1-8(2)16-12(9(3)15)6-10-4-5-11(14)7-13(10)16/h4-9H,15H2,1-3H3. The van der Waals surface area contributed by atoms with Gasteiger partial charge in [0.15, 0.2) is 0 Å². The first-order chi connectivity index (χ1) is 7.50. The van der Waals surface area contributed by atoms with Crippen LogP contribution in [0.2, 0.25) is 0 Å². The Morgan fingerprint density at radius 1 is 1.19 bits per heavy atom. The van der Waals surface area contributed by atoms with E-state index in [1.54, 1.807) is 0 Å². The van der Waals surface area contributed by atoms with Crippen molar-refractivity contribution in [3.63, 3.8) is 0 Å². The quantitative estimate of drug-likeness (QED) is 0.886. The SMILES string of the molecule is CC(N)c1cc2ccc(Br)cc2n1C(C)C. The van der Waals surface area contributed by atoms with E-state index in [0.29, 0.717) is 6.04 Å². The van der Waals surface area contributed by atoms with Crippen molar-refractivity contribution in [2.75, 3.05) is 0 Å². The van der Waals surface area contributed by atoms with E-state index in [0.717, 1.165) is 4.47 Å². The third-order valence-electron chi connectivity index (χ3n) is 2.82. The van der Waals surface area contributed by atoms with Gasteiger partial charge in [0, 0.05) is 33.2 Å². The zero-order valence-corrected chi connectivity index (χ0v) is 11.5. The first-order valence-corrected chi connectivity index (χ1v) is 6.36. The second-order valence-electron chi connectivity index (χ2n) is 4.52. The highest BCUT2D eigenvalue weighted by atomic mass is 79.9. The van der Waals surface area contributed by atoms with Crippen molar-refractivity contribution >= 4 is 26.8 Å². The lowest BCUT2D eigenvalue weighted by Gasteiger charge is -2.16. The second kappa shape index (κ2) is 4.22. The summed E-state index contributed by atoms with van der Waals surface area (Å²) in [6.07, 6.45) is 0.